The van der Waals surface area contributed by atoms with Crippen LogP contribution in [0.2, 0.25) is 0 Å². The van der Waals surface area contributed by atoms with Gasteiger partial charge in [-0.15, -0.1) is 12.6 Å². The predicted molar refractivity (Wildman–Crippen MR) is 82.5 cm³/mol. The molecule has 2 aromatic rings. The van der Waals surface area contributed by atoms with Gasteiger partial charge in [0.15, 0.2) is 0 Å². The summed E-state index contributed by atoms with van der Waals surface area (Å²) in [5, 5.41) is 0. The van der Waals surface area contributed by atoms with Gasteiger partial charge in [0.05, 0.1) is 12.7 Å². The van der Waals surface area contributed by atoms with Crippen molar-refractivity contribution in [1.29, 1.82) is 0 Å². The molecule has 0 saturated carbocycles. The monoisotopic (exact) mass is 287 g/mol. The standard InChI is InChI=1S/C16H17NO2S/c1-17(11-12-7-9-13(19-2)10-8-12)16(18)14-5-3-4-6-15(14)20/h3-10,20H,11H2,1-2H3. The number of amides is 1. The van der Waals surface area contributed by atoms with Crippen LogP contribution >= 0.6 is 12.6 Å². The summed E-state index contributed by atoms with van der Waals surface area (Å²) >= 11 is 4.32. The molecule has 0 saturated heterocycles. The van der Waals surface area contributed by atoms with Crippen LogP contribution in [0, 0.1) is 0 Å². The molecule has 3 nitrogen and oxygen atoms in total. The Labute approximate surface area is 124 Å². The second-order valence-corrected chi connectivity index (χ2v) is 5.01. The van der Waals surface area contributed by atoms with Crippen molar-refractivity contribution in [2.75, 3.05) is 14.2 Å². The Morgan fingerprint density at radius 2 is 1.80 bits per heavy atom. The average molecular weight is 287 g/mol. The van der Waals surface area contributed by atoms with Crippen molar-refractivity contribution in [2.45, 2.75) is 11.4 Å². The highest BCUT2D eigenvalue weighted by molar-refractivity contribution is 7.80. The maximum Gasteiger partial charge on any atom is 0.255 e. The van der Waals surface area contributed by atoms with E-state index in [-0.39, 0.29) is 5.91 Å². The SMILES string of the molecule is COc1ccc(CN(C)C(=O)c2ccccc2S)cc1. The lowest BCUT2D eigenvalue weighted by Crippen LogP contribution is -2.26. The molecule has 0 radical (unpaired) electrons. The summed E-state index contributed by atoms with van der Waals surface area (Å²) in [5.74, 6) is 0.773. The highest BCUT2D eigenvalue weighted by atomic mass is 32.1. The molecule has 0 aromatic heterocycles. The lowest BCUT2D eigenvalue weighted by molar-refractivity contribution is 0.0782. The first kappa shape index (κ1) is 14.5. The number of thiol groups is 1. The molecule has 0 aliphatic carbocycles. The van der Waals surface area contributed by atoms with E-state index in [1.807, 2.05) is 42.5 Å². The Kier molecular flexibility index (Phi) is 4.69. The minimum atomic E-state index is -0.0357. The third kappa shape index (κ3) is 3.33. The summed E-state index contributed by atoms with van der Waals surface area (Å²) in [6, 6.07) is 15.0. The van der Waals surface area contributed by atoms with Crippen LogP contribution in [0.3, 0.4) is 0 Å². The Bertz CT molecular complexity index is 596. The maximum absolute atomic E-state index is 12.3. The number of ether oxygens (including phenoxy) is 1. The van der Waals surface area contributed by atoms with Crippen molar-refractivity contribution >= 4 is 18.5 Å². The molecule has 0 aliphatic rings. The molecule has 0 atom stereocenters. The number of carbonyl (C=O) groups excluding carboxylic acids is 1. The van der Waals surface area contributed by atoms with Crippen molar-refractivity contribution in [1.82, 2.24) is 4.90 Å². The molecule has 2 aromatic carbocycles. The third-order valence-corrected chi connectivity index (χ3v) is 3.45. The largest absolute Gasteiger partial charge is 0.497 e. The average Bonchev–Trinajstić information content (AvgIpc) is 2.48. The van der Waals surface area contributed by atoms with Crippen LogP contribution in [0.25, 0.3) is 0 Å². The fourth-order valence-corrected chi connectivity index (χ4v) is 2.19. The molecule has 20 heavy (non-hydrogen) atoms. The Hall–Kier alpha value is -1.94. The van der Waals surface area contributed by atoms with E-state index in [4.69, 9.17) is 4.74 Å². The summed E-state index contributed by atoms with van der Waals surface area (Å²) in [5.41, 5.74) is 1.67. The van der Waals surface area contributed by atoms with Crippen LogP contribution in [-0.2, 0) is 6.54 Å². The van der Waals surface area contributed by atoms with Crippen molar-refractivity contribution in [2.24, 2.45) is 0 Å². The van der Waals surface area contributed by atoms with E-state index in [0.717, 1.165) is 11.3 Å². The minimum Gasteiger partial charge on any atom is -0.497 e. The summed E-state index contributed by atoms with van der Waals surface area (Å²) in [6.45, 7) is 0.547. The number of hydrogen-bond acceptors (Lipinski definition) is 3. The molecule has 0 N–H and O–H groups in total. The Balaban J connectivity index is 2.09. The lowest BCUT2D eigenvalue weighted by Gasteiger charge is -2.18. The zero-order valence-electron chi connectivity index (χ0n) is 11.5. The van der Waals surface area contributed by atoms with Gasteiger partial charge < -0.3 is 9.64 Å². The number of benzene rings is 2. The van der Waals surface area contributed by atoms with Gasteiger partial charge in [-0.3, -0.25) is 4.79 Å². The highest BCUT2D eigenvalue weighted by Crippen LogP contribution is 2.17. The number of carbonyl (C=O) groups is 1. The van der Waals surface area contributed by atoms with Crippen molar-refractivity contribution in [3.63, 3.8) is 0 Å². The van der Waals surface area contributed by atoms with Crippen LogP contribution in [0.4, 0.5) is 0 Å². The molecule has 4 heteroatoms. The van der Waals surface area contributed by atoms with Crippen molar-refractivity contribution < 1.29 is 9.53 Å². The van der Waals surface area contributed by atoms with E-state index >= 15 is 0 Å². The van der Waals surface area contributed by atoms with Gasteiger partial charge in [-0.05, 0) is 29.8 Å². The second-order valence-electron chi connectivity index (χ2n) is 4.53. The van der Waals surface area contributed by atoms with E-state index in [1.165, 1.54) is 0 Å². The van der Waals surface area contributed by atoms with Crippen LogP contribution in [0.1, 0.15) is 15.9 Å². The fraction of sp³-hybridized carbons (Fsp3) is 0.188. The first-order chi connectivity index (χ1) is 9.61. The topological polar surface area (TPSA) is 29.5 Å². The van der Waals surface area contributed by atoms with Crippen LogP contribution < -0.4 is 4.74 Å². The zero-order chi connectivity index (χ0) is 14.5. The van der Waals surface area contributed by atoms with Gasteiger partial charge in [0.25, 0.3) is 5.91 Å². The third-order valence-electron chi connectivity index (χ3n) is 3.06. The lowest BCUT2D eigenvalue weighted by atomic mass is 10.1. The van der Waals surface area contributed by atoms with Crippen molar-refractivity contribution in [3.8, 4) is 5.75 Å². The first-order valence-corrected chi connectivity index (χ1v) is 6.73. The molecule has 1 amide bonds. The van der Waals surface area contributed by atoms with Gasteiger partial charge >= 0.3 is 0 Å². The molecular formula is C16H17NO2S. The first-order valence-electron chi connectivity index (χ1n) is 6.28. The Morgan fingerprint density at radius 3 is 2.40 bits per heavy atom. The fourth-order valence-electron chi connectivity index (χ4n) is 1.94. The van der Waals surface area contributed by atoms with Gasteiger partial charge in [0.2, 0.25) is 0 Å². The maximum atomic E-state index is 12.3. The second kappa shape index (κ2) is 6.48. The molecule has 0 bridgehead atoms. The van der Waals surface area contributed by atoms with E-state index in [2.05, 4.69) is 12.6 Å². The number of methoxy groups -OCH3 is 1. The smallest absolute Gasteiger partial charge is 0.255 e. The molecule has 0 spiro atoms. The van der Waals surface area contributed by atoms with Crippen LogP contribution in [-0.4, -0.2) is 25.0 Å². The number of nitrogens with zero attached hydrogens (tertiary/aromatic N) is 1. The molecular weight excluding hydrogens is 270 g/mol. The Morgan fingerprint density at radius 1 is 1.15 bits per heavy atom. The van der Waals surface area contributed by atoms with Crippen LogP contribution in [0.15, 0.2) is 53.4 Å². The summed E-state index contributed by atoms with van der Waals surface area (Å²) in [7, 11) is 3.42. The van der Waals surface area contributed by atoms with Gasteiger partial charge in [0.1, 0.15) is 5.75 Å². The molecule has 0 heterocycles. The summed E-state index contributed by atoms with van der Waals surface area (Å²) < 4.78 is 5.12. The number of rotatable bonds is 4. The molecule has 0 unspecified atom stereocenters. The number of hydrogen-bond donors (Lipinski definition) is 1. The van der Waals surface area contributed by atoms with E-state index < -0.39 is 0 Å². The van der Waals surface area contributed by atoms with E-state index in [1.54, 1.807) is 25.1 Å². The van der Waals surface area contributed by atoms with Gasteiger partial charge in [-0.25, -0.2) is 0 Å². The van der Waals surface area contributed by atoms with E-state index in [9.17, 15) is 4.79 Å². The predicted octanol–water partition coefficient (Wildman–Crippen LogP) is 3.26. The summed E-state index contributed by atoms with van der Waals surface area (Å²) in [6.07, 6.45) is 0. The quantitative estimate of drug-likeness (QED) is 0.875. The summed E-state index contributed by atoms with van der Waals surface area (Å²) in [4.78, 5) is 14.7. The molecule has 104 valence electrons. The molecule has 0 fully saturated rings. The molecule has 0 aliphatic heterocycles. The van der Waals surface area contributed by atoms with Gasteiger partial charge in [-0.1, -0.05) is 24.3 Å². The van der Waals surface area contributed by atoms with Gasteiger partial charge in [0, 0.05) is 18.5 Å². The van der Waals surface area contributed by atoms with Crippen LogP contribution in [0.5, 0.6) is 5.75 Å². The van der Waals surface area contributed by atoms with E-state index in [0.29, 0.717) is 17.0 Å². The van der Waals surface area contributed by atoms with Gasteiger partial charge in [-0.2, -0.15) is 0 Å². The molecule has 2 rings (SSSR count). The minimum absolute atomic E-state index is 0.0357. The van der Waals surface area contributed by atoms with Crippen molar-refractivity contribution in [3.05, 3.63) is 59.7 Å². The normalized spacial score (nSPS) is 10.2. The highest BCUT2D eigenvalue weighted by Gasteiger charge is 2.14. The zero-order valence-corrected chi connectivity index (χ0v) is 12.4.